The molecule has 23 heavy (non-hydrogen) atoms. The van der Waals surface area contributed by atoms with Crippen molar-refractivity contribution in [3.05, 3.63) is 40.2 Å². The van der Waals surface area contributed by atoms with Gasteiger partial charge in [0.05, 0.1) is 7.11 Å². The third-order valence-corrected chi connectivity index (χ3v) is 5.30. The molecule has 1 N–H and O–H groups in total. The fraction of sp³-hybridized carbons (Fsp3) is 0.526. The van der Waals surface area contributed by atoms with E-state index in [1.807, 2.05) is 12.1 Å². The largest absolute Gasteiger partial charge is 0.497 e. The van der Waals surface area contributed by atoms with Gasteiger partial charge in [-0.05, 0) is 36.0 Å². The highest BCUT2D eigenvalue weighted by Crippen LogP contribution is 2.30. The molecule has 0 saturated heterocycles. The molecule has 0 unspecified atom stereocenters. The molecule has 0 radical (unpaired) electrons. The van der Waals surface area contributed by atoms with Crippen molar-refractivity contribution >= 4 is 11.0 Å². The first-order valence-electron chi connectivity index (χ1n) is 8.42. The Morgan fingerprint density at radius 2 is 2.09 bits per heavy atom. The van der Waals surface area contributed by atoms with Crippen LogP contribution < -0.4 is 15.7 Å². The van der Waals surface area contributed by atoms with E-state index in [2.05, 4.69) is 19.2 Å². The molecular formula is C19H25NO3. The van der Waals surface area contributed by atoms with Crippen molar-refractivity contribution in [2.75, 3.05) is 7.11 Å². The van der Waals surface area contributed by atoms with Gasteiger partial charge in [0, 0.05) is 30.1 Å². The van der Waals surface area contributed by atoms with Gasteiger partial charge in [0.1, 0.15) is 11.3 Å². The molecule has 1 aliphatic rings. The summed E-state index contributed by atoms with van der Waals surface area (Å²) in [4.78, 5) is 11.8. The molecule has 3 atom stereocenters. The highest BCUT2D eigenvalue weighted by molar-refractivity contribution is 5.81. The molecular weight excluding hydrogens is 290 g/mol. The van der Waals surface area contributed by atoms with E-state index in [0.717, 1.165) is 16.9 Å². The fourth-order valence-corrected chi connectivity index (χ4v) is 3.59. The minimum atomic E-state index is -0.312. The number of rotatable bonds is 4. The van der Waals surface area contributed by atoms with Gasteiger partial charge < -0.3 is 14.5 Å². The van der Waals surface area contributed by atoms with Gasteiger partial charge >= 0.3 is 5.63 Å². The van der Waals surface area contributed by atoms with Crippen LogP contribution in [0.25, 0.3) is 11.0 Å². The van der Waals surface area contributed by atoms with Gasteiger partial charge in [0.25, 0.3) is 0 Å². The monoisotopic (exact) mass is 315 g/mol. The van der Waals surface area contributed by atoms with Gasteiger partial charge in [-0.2, -0.15) is 0 Å². The molecule has 1 fully saturated rings. The zero-order valence-electron chi connectivity index (χ0n) is 14.1. The molecule has 0 amide bonds. The molecule has 4 nitrogen and oxygen atoms in total. The second kappa shape index (κ2) is 6.75. The molecule has 3 rings (SSSR count). The van der Waals surface area contributed by atoms with Crippen molar-refractivity contribution in [2.24, 2.45) is 11.8 Å². The smallest absolute Gasteiger partial charge is 0.336 e. The zero-order valence-corrected chi connectivity index (χ0v) is 14.1. The lowest BCUT2D eigenvalue weighted by molar-refractivity contribution is 0.206. The van der Waals surface area contributed by atoms with Crippen molar-refractivity contribution in [2.45, 2.75) is 45.7 Å². The van der Waals surface area contributed by atoms with E-state index < -0.39 is 0 Å². The van der Waals surface area contributed by atoms with Gasteiger partial charge in [0.15, 0.2) is 0 Å². The molecule has 0 spiro atoms. The van der Waals surface area contributed by atoms with E-state index in [9.17, 15) is 4.79 Å². The third kappa shape index (κ3) is 3.42. The second-order valence-corrected chi connectivity index (χ2v) is 6.71. The Labute approximate surface area is 136 Å². The molecule has 1 saturated carbocycles. The Balaban J connectivity index is 1.83. The first kappa shape index (κ1) is 16.1. The Hall–Kier alpha value is -1.81. The summed E-state index contributed by atoms with van der Waals surface area (Å²) in [5, 5.41) is 4.62. The average molecular weight is 315 g/mol. The maximum Gasteiger partial charge on any atom is 0.336 e. The molecule has 1 aromatic carbocycles. The van der Waals surface area contributed by atoms with Crippen LogP contribution in [-0.2, 0) is 6.54 Å². The summed E-state index contributed by atoms with van der Waals surface area (Å²) in [6.45, 7) is 5.34. The van der Waals surface area contributed by atoms with Crippen molar-refractivity contribution in [3.63, 3.8) is 0 Å². The van der Waals surface area contributed by atoms with Gasteiger partial charge in [-0.1, -0.05) is 26.7 Å². The van der Waals surface area contributed by atoms with Crippen LogP contribution in [0.2, 0.25) is 0 Å². The Morgan fingerprint density at radius 1 is 1.26 bits per heavy atom. The highest BCUT2D eigenvalue weighted by Gasteiger charge is 2.26. The Kier molecular flexibility index (Phi) is 4.71. The van der Waals surface area contributed by atoms with E-state index in [0.29, 0.717) is 29.8 Å². The van der Waals surface area contributed by atoms with Crippen molar-refractivity contribution < 1.29 is 9.15 Å². The quantitative estimate of drug-likeness (QED) is 0.874. The maximum absolute atomic E-state index is 11.8. The average Bonchev–Trinajstić information content (AvgIpc) is 2.55. The number of hydrogen-bond acceptors (Lipinski definition) is 4. The summed E-state index contributed by atoms with van der Waals surface area (Å²) in [5.74, 6) is 2.11. The van der Waals surface area contributed by atoms with E-state index >= 15 is 0 Å². The van der Waals surface area contributed by atoms with E-state index in [4.69, 9.17) is 9.15 Å². The first-order valence-corrected chi connectivity index (χ1v) is 8.42. The van der Waals surface area contributed by atoms with Gasteiger partial charge in [-0.3, -0.25) is 0 Å². The van der Waals surface area contributed by atoms with Crippen LogP contribution in [0.3, 0.4) is 0 Å². The Morgan fingerprint density at radius 3 is 2.87 bits per heavy atom. The lowest BCUT2D eigenvalue weighted by atomic mass is 9.78. The van der Waals surface area contributed by atoms with Crippen LogP contribution in [-0.4, -0.2) is 13.2 Å². The summed E-state index contributed by atoms with van der Waals surface area (Å²) >= 11 is 0. The van der Waals surface area contributed by atoms with Gasteiger partial charge in [-0.15, -0.1) is 0 Å². The number of benzene rings is 1. The molecule has 1 aliphatic carbocycles. The van der Waals surface area contributed by atoms with Gasteiger partial charge in [0.2, 0.25) is 0 Å². The minimum absolute atomic E-state index is 0.312. The van der Waals surface area contributed by atoms with Crippen LogP contribution in [0.5, 0.6) is 5.75 Å². The highest BCUT2D eigenvalue weighted by atomic mass is 16.5. The normalized spacial score (nSPS) is 24.7. The molecule has 1 heterocycles. The van der Waals surface area contributed by atoms with Gasteiger partial charge in [-0.25, -0.2) is 4.79 Å². The second-order valence-electron chi connectivity index (χ2n) is 6.71. The molecule has 1 aromatic heterocycles. The van der Waals surface area contributed by atoms with Crippen molar-refractivity contribution in [1.29, 1.82) is 0 Å². The van der Waals surface area contributed by atoms with E-state index in [-0.39, 0.29) is 5.63 Å². The number of methoxy groups -OCH3 is 1. The SMILES string of the molecule is COc1ccc2c(CN[C@@H]3CCC[C@H](C)[C@H]3C)cc(=O)oc2c1. The molecule has 4 heteroatoms. The first-order chi connectivity index (χ1) is 11.1. The third-order valence-electron chi connectivity index (χ3n) is 5.30. The van der Waals surface area contributed by atoms with Crippen LogP contribution in [0.4, 0.5) is 0 Å². The number of fused-ring (bicyclic) bond motifs is 1. The summed E-state index contributed by atoms with van der Waals surface area (Å²) in [6.07, 6.45) is 3.80. The van der Waals surface area contributed by atoms with Crippen LogP contribution >= 0.6 is 0 Å². The predicted molar refractivity (Wildman–Crippen MR) is 91.8 cm³/mol. The summed E-state index contributed by atoms with van der Waals surface area (Å²) in [6, 6.07) is 7.74. The number of nitrogens with one attached hydrogen (secondary N) is 1. The molecule has 0 aliphatic heterocycles. The number of ether oxygens (including phenoxy) is 1. The lowest BCUT2D eigenvalue weighted by Crippen LogP contribution is -2.40. The van der Waals surface area contributed by atoms with Crippen LogP contribution in [0, 0.1) is 11.8 Å². The summed E-state index contributed by atoms with van der Waals surface area (Å²) in [7, 11) is 1.61. The maximum atomic E-state index is 11.8. The molecule has 0 bridgehead atoms. The summed E-state index contributed by atoms with van der Waals surface area (Å²) < 4.78 is 10.5. The number of hydrogen-bond donors (Lipinski definition) is 1. The molecule has 2 aromatic rings. The van der Waals surface area contributed by atoms with Crippen molar-refractivity contribution in [1.82, 2.24) is 5.32 Å². The summed E-state index contributed by atoms with van der Waals surface area (Å²) in [5.41, 5.74) is 1.26. The van der Waals surface area contributed by atoms with Crippen LogP contribution in [0.1, 0.15) is 38.7 Å². The predicted octanol–water partition coefficient (Wildman–Crippen LogP) is 3.72. The zero-order chi connectivity index (χ0) is 16.4. The van der Waals surface area contributed by atoms with Crippen LogP contribution in [0.15, 0.2) is 33.5 Å². The standard InChI is InChI=1S/C19H25NO3/c1-12-5-4-6-17(13(12)2)20-11-14-9-19(21)23-18-10-15(22-3)7-8-16(14)18/h7-10,12-13,17,20H,4-6,11H2,1-3H3/t12-,13+,17+/m0/s1. The lowest BCUT2D eigenvalue weighted by Gasteiger charge is -2.34. The van der Waals surface area contributed by atoms with E-state index in [1.54, 1.807) is 19.2 Å². The topological polar surface area (TPSA) is 51.5 Å². The fourth-order valence-electron chi connectivity index (χ4n) is 3.59. The van der Waals surface area contributed by atoms with E-state index in [1.165, 1.54) is 19.3 Å². The Bertz CT molecular complexity index is 737. The molecule has 124 valence electrons. The van der Waals surface area contributed by atoms with Crippen molar-refractivity contribution in [3.8, 4) is 5.75 Å². The minimum Gasteiger partial charge on any atom is -0.497 e.